The summed E-state index contributed by atoms with van der Waals surface area (Å²) in [5, 5.41) is 35.9. The van der Waals surface area contributed by atoms with Crippen LogP contribution in [0.4, 0.5) is 0 Å². The van der Waals surface area contributed by atoms with Crippen LogP contribution in [0.2, 0.25) is 0 Å². The van der Waals surface area contributed by atoms with Crippen LogP contribution >= 0.6 is 0 Å². The average Bonchev–Trinajstić information content (AvgIpc) is 2.58. The summed E-state index contributed by atoms with van der Waals surface area (Å²) in [5.41, 5.74) is 0. The summed E-state index contributed by atoms with van der Waals surface area (Å²) in [6.07, 6.45) is 14.2. The van der Waals surface area contributed by atoms with E-state index in [0.717, 1.165) is 12.8 Å². The minimum absolute atomic E-state index is 0. The molecule has 1 unspecified atom stereocenters. The molecule has 0 saturated carbocycles. The van der Waals surface area contributed by atoms with Gasteiger partial charge in [0, 0.05) is 5.97 Å². The number of carboxylic acid groups (broad SMARTS) is 3. The molecule has 1 atom stereocenters. The second kappa shape index (κ2) is 24.2. The van der Waals surface area contributed by atoms with Crippen molar-refractivity contribution in [1.82, 2.24) is 0 Å². The van der Waals surface area contributed by atoms with E-state index >= 15 is 0 Å². The first-order valence-electron chi connectivity index (χ1n) is 10.1. The monoisotopic (exact) mass is 412 g/mol. The number of carboxylic acids is 3. The zero-order valence-electron chi connectivity index (χ0n) is 17.3. The number of unbranched alkanes of at least 4 members (excludes halogenated alkanes) is 12. The number of hydrogen-bond acceptors (Lipinski definition) is 6. The summed E-state index contributed by atoms with van der Waals surface area (Å²) < 4.78 is 0. The topological polar surface area (TPSA) is 138 Å². The van der Waals surface area contributed by atoms with Gasteiger partial charge in [0.2, 0.25) is 0 Å². The van der Waals surface area contributed by atoms with Crippen LogP contribution in [0, 0.1) is 0 Å². The van der Waals surface area contributed by atoms with E-state index in [9.17, 15) is 24.6 Å². The number of aliphatic hydroxyl groups is 1. The summed E-state index contributed by atoms with van der Waals surface area (Å²) >= 11 is 0. The third kappa shape index (κ3) is 29.9. The fourth-order valence-electron chi connectivity index (χ4n) is 2.54. The first-order valence-corrected chi connectivity index (χ1v) is 10.1. The number of carbonyl (C=O) groups excluding carboxylic acids is 2. The fourth-order valence-corrected chi connectivity index (χ4v) is 2.54. The van der Waals surface area contributed by atoms with Crippen LogP contribution in [-0.4, -0.2) is 57.3 Å². The molecule has 28 heavy (non-hydrogen) atoms. The van der Waals surface area contributed by atoms with Crippen LogP contribution in [0.3, 0.4) is 0 Å². The molecule has 0 aliphatic carbocycles. The third-order valence-electron chi connectivity index (χ3n) is 4.12. The Morgan fingerprint density at radius 3 is 1.36 bits per heavy atom. The molecule has 0 saturated heterocycles. The maximum Gasteiger partial charge on any atom is 2.00 e. The Bertz CT molecular complexity index is 389. The predicted molar refractivity (Wildman–Crippen MR) is 104 cm³/mol. The molecule has 0 bridgehead atoms. The van der Waals surface area contributed by atoms with Crippen molar-refractivity contribution in [1.29, 1.82) is 0 Å². The van der Waals surface area contributed by atoms with Crippen molar-refractivity contribution in [2.45, 2.75) is 109 Å². The van der Waals surface area contributed by atoms with E-state index in [1.165, 1.54) is 70.6 Å². The van der Waals surface area contributed by atoms with Crippen molar-refractivity contribution in [3.8, 4) is 0 Å². The van der Waals surface area contributed by atoms with Crippen LogP contribution in [-0.2, 0) is 14.4 Å². The van der Waals surface area contributed by atoms with Gasteiger partial charge in [-0.3, -0.25) is 4.79 Å². The second-order valence-corrected chi connectivity index (χ2v) is 6.80. The smallest absolute Gasteiger partial charge is 0.550 e. The molecule has 0 aromatic heterocycles. The van der Waals surface area contributed by atoms with Gasteiger partial charge in [-0.15, -0.1) is 0 Å². The molecule has 0 amide bonds. The van der Waals surface area contributed by atoms with Gasteiger partial charge in [0.15, 0.2) is 0 Å². The van der Waals surface area contributed by atoms with E-state index in [4.69, 9.17) is 10.2 Å². The van der Waals surface area contributed by atoms with Crippen molar-refractivity contribution in [3.63, 3.8) is 0 Å². The Labute approximate surface area is 185 Å². The van der Waals surface area contributed by atoms with E-state index < -0.39 is 30.4 Å². The summed E-state index contributed by atoms with van der Waals surface area (Å²) in [6, 6.07) is 0. The Morgan fingerprint density at radius 2 is 1.11 bits per heavy atom. The zero-order valence-corrected chi connectivity index (χ0v) is 18.7. The Kier molecular flexibility index (Phi) is 27.5. The van der Waals surface area contributed by atoms with E-state index in [0.29, 0.717) is 0 Å². The van der Waals surface area contributed by atoms with Crippen LogP contribution in [0.1, 0.15) is 103 Å². The van der Waals surface area contributed by atoms with Crippen molar-refractivity contribution in [2.75, 3.05) is 0 Å². The molecule has 0 radical (unpaired) electrons. The molecule has 8 heteroatoms. The van der Waals surface area contributed by atoms with Crippen LogP contribution in [0.15, 0.2) is 0 Å². The minimum atomic E-state index is -1.90. The Morgan fingerprint density at radius 1 is 0.750 bits per heavy atom. The molecule has 0 aliphatic rings. The van der Waals surface area contributed by atoms with E-state index in [1.807, 2.05) is 0 Å². The maximum atomic E-state index is 10.2. The summed E-state index contributed by atoms with van der Waals surface area (Å²) in [6.45, 7) is 2.26. The first-order chi connectivity index (χ1) is 12.8. The second-order valence-electron chi connectivity index (χ2n) is 6.80. The molecule has 7 nitrogen and oxygen atoms in total. The van der Waals surface area contributed by atoms with Gasteiger partial charge in [-0.1, -0.05) is 84.0 Å². The first kappa shape index (κ1) is 31.8. The largest absolute Gasteiger partial charge is 2.00 e. The van der Waals surface area contributed by atoms with Gasteiger partial charge >= 0.3 is 29.0 Å². The van der Waals surface area contributed by atoms with Gasteiger partial charge in [0.1, 0.15) is 6.10 Å². The van der Waals surface area contributed by atoms with Gasteiger partial charge in [-0.25, -0.2) is 0 Å². The summed E-state index contributed by atoms with van der Waals surface area (Å²) in [5.74, 6) is -4.04. The predicted octanol–water partition coefficient (Wildman–Crippen LogP) is 1.41. The molecule has 0 aromatic carbocycles. The summed E-state index contributed by atoms with van der Waals surface area (Å²) in [7, 11) is 0. The standard InChI is InChI=1S/C16H32O2.C4H6O5.Mg/c1-2-3-4-5-6-7-8-9-10-11-12-13-14-15-16(17)18;5-2(4(8)9)1-3(6)7;/h2-15H2,1H3,(H,17,18);2,5H,1H2,(H,6,7)(H,8,9);/q;;+2/p-2. The molecular weight excluding hydrogens is 377 g/mol. The molecule has 0 heterocycles. The SMILES string of the molecule is CCCCCCCCCCCCCCCC(=O)[O-].O=C(O)CC(O)C(=O)[O-].[Mg+2]. The zero-order chi connectivity index (χ0) is 20.9. The molecule has 0 rings (SSSR count). The number of carbonyl (C=O) groups is 3. The minimum Gasteiger partial charge on any atom is -0.550 e. The van der Waals surface area contributed by atoms with E-state index in [1.54, 1.807) is 0 Å². The normalized spacial score (nSPS) is 10.9. The number of aliphatic hydroxyl groups excluding tert-OH is 1. The average molecular weight is 413 g/mol. The molecule has 0 spiro atoms. The number of aliphatic carboxylic acids is 3. The van der Waals surface area contributed by atoms with Gasteiger partial charge in [-0.05, 0) is 12.8 Å². The van der Waals surface area contributed by atoms with Crippen LogP contribution in [0.5, 0.6) is 0 Å². The quantitative estimate of drug-likeness (QED) is 0.272. The molecule has 0 fully saturated rings. The van der Waals surface area contributed by atoms with Crippen molar-refractivity contribution in [2.24, 2.45) is 0 Å². The van der Waals surface area contributed by atoms with Gasteiger partial charge in [0.05, 0.1) is 12.4 Å². The number of rotatable bonds is 17. The van der Waals surface area contributed by atoms with Gasteiger partial charge in [0.25, 0.3) is 0 Å². The van der Waals surface area contributed by atoms with Gasteiger partial charge in [-0.2, -0.15) is 0 Å². The molecule has 160 valence electrons. The summed E-state index contributed by atoms with van der Waals surface area (Å²) in [4.78, 5) is 29.5. The number of hydrogen-bond donors (Lipinski definition) is 2. The van der Waals surface area contributed by atoms with Crippen LogP contribution < -0.4 is 10.2 Å². The molecule has 2 N–H and O–H groups in total. The van der Waals surface area contributed by atoms with Gasteiger partial charge < -0.3 is 30.0 Å². The van der Waals surface area contributed by atoms with Crippen molar-refractivity contribution < 1.29 is 34.8 Å². The van der Waals surface area contributed by atoms with Crippen molar-refractivity contribution >= 4 is 41.0 Å². The van der Waals surface area contributed by atoms with Crippen molar-refractivity contribution in [3.05, 3.63) is 0 Å². The molecule has 0 aromatic rings. The maximum absolute atomic E-state index is 10.2. The molecule has 0 aliphatic heterocycles. The van der Waals surface area contributed by atoms with E-state index in [-0.39, 0.29) is 29.5 Å². The Balaban J connectivity index is -0.000000530. The fraction of sp³-hybridized carbons (Fsp3) is 0.850. The Hall–Kier alpha value is -0.864. The third-order valence-corrected chi connectivity index (χ3v) is 4.12. The van der Waals surface area contributed by atoms with E-state index in [2.05, 4.69) is 6.92 Å². The van der Waals surface area contributed by atoms with Crippen LogP contribution in [0.25, 0.3) is 0 Å². The molecular formula is C20H36MgO7.